The highest BCUT2D eigenvalue weighted by Gasteiger charge is 2.18. The monoisotopic (exact) mass is 237 g/mol. The number of hydrogen-bond acceptors (Lipinski definition) is 4. The molecule has 0 radical (unpaired) electrons. The number of benzene rings is 1. The molecule has 0 bridgehead atoms. The third-order valence-corrected chi connectivity index (χ3v) is 2.89. The lowest BCUT2D eigenvalue weighted by atomic mass is 10.1. The van der Waals surface area contributed by atoms with Gasteiger partial charge in [-0.1, -0.05) is 6.07 Å². The number of likely N-dealkylation sites (N-methyl/N-ethyl adjacent to an activating group) is 1. The van der Waals surface area contributed by atoms with E-state index in [1.54, 1.807) is 18.9 Å². The zero-order valence-corrected chi connectivity index (χ0v) is 9.84. The van der Waals surface area contributed by atoms with Gasteiger partial charge in [-0.3, -0.25) is 9.69 Å². The van der Waals surface area contributed by atoms with Crippen molar-refractivity contribution in [3.05, 3.63) is 23.8 Å². The zero-order valence-electron chi connectivity index (χ0n) is 9.84. The fourth-order valence-electron chi connectivity index (χ4n) is 1.65. The summed E-state index contributed by atoms with van der Waals surface area (Å²) in [4.78, 5) is 12.6. The van der Waals surface area contributed by atoms with Gasteiger partial charge in [0.25, 0.3) is 0 Å². The Balaban J connectivity index is 2.06. The predicted molar refractivity (Wildman–Crippen MR) is 61.1 cm³/mol. The highest BCUT2D eigenvalue weighted by atomic mass is 16.7. The van der Waals surface area contributed by atoms with Gasteiger partial charge in [-0.05, 0) is 31.7 Å². The van der Waals surface area contributed by atoms with Crippen molar-refractivity contribution >= 4 is 5.97 Å². The summed E-state index contributed by atoms with van der Waals surface area (Å²) >= 11 is 0. The van der Waals surface area contributed by atoms with Gasteiger partial charge in [0.05, 0.1) is 0 Å². The normalized spacial score (nSPS) is 15.0. The van der Waals surface area contributed by atoms with Gasteiger partial charge in [0, 0.05) is 6.54 Å². The quantitative estimate of drug-likeness (QED) is 0.855. The summed E-state index contributed by atoms with van der Waals surface area (Å²) in [6.07, 6.45) is 0. The molecule has 1 heterocycles. The zero-order chi connectivity index (χ0) is 12.4. The maximum Gasteiger partial charge on any atom is 0.320 e. The minimum atomic E-state index is -0.826. The molecule has 0 aliphatic carbocycles. The van der Waals surface area contributed by atoms with Crippen molar-refractivity contribution in [2.75, 3.05) is 13.8 Å². The van der Waals surface area contributed by atoms with E-state index in [4.69, 9.17) is 14.6 Å². The maximum absolute atomic E-state index is 10.8. The van der Waals surface area contributed by atoms with Gasteiger partial charge in [-0.25, -0.2) is 0 Å². The van der Waals surface area contributed by atoms with Gasteiger partial charge in [0.1, 0.15) is 6.04 Å². The van der Waals surface area contributed by atoms with Crippen LogP contribution < -0.4 is 9.47 Å². The molecule has 5 heteroatoms. The summed E-state index contributed by atoms with van der Waals surface area (Å²) in [6.45, 7) is 2.47. The molecule has 0 saturated heterocycles. The Bertz CT molecular complexity index is 433. The average Bonchev–Trinajstić information content (AvgIpc) is 2.74. The van der Waals surface area contributed by atoms with Crippen molar-refractivity contribution < 1.29 is 19.4 Å². The van der Waals surface area contributed by atoms with Crippen LogP contribution in [0.15, 0.2) is 18.2 Å². The average molecular weight is 237 g/mol. The second kappa shape index (κ2) is 4.63. The molecule has 0 saturated carbocycles. The smallest absolute Gasteiger partial charge is 0.320 e. The first-order valence-corrected chi connectivity index (χ1v) is 5.39. The number of carboxylic acid groups (broad SMARTS) is 1. The summed E-state index contributed by atoms with van der Waals surface area (Å²) in [5, 5.41) is 8.90. The molecule has 0 unspecified atom stereocenters. The van der Waals surface area contributed by atoms with E-state index in [1.165, 1.54) is 0 Å². The Morgan fingerprint density at radius 3 is 2.88 bits per heavy atom. The summed E-state index contributed by atoms with van der Waals surface area (Å²) in [7, 11) is 1.78. The summed E-state index contributed by atoms with van der Waals surface area (Å²) in [6, 6.07) is 5.13. The summed E-state index contributed by atoms with van der Waals surface area (Å²) < 4.78 is 10.5. The van der Waals surface area contributed by atoms with Crippen LogP contribution in [0.5, 0.6) is 11.5 Å². The van der Waals surface area contributed by atoms with Gasteiger partial charge >= 0.3 is 5.97 Å². The summed E-state index contributed by atoms with van der Waals surface area (Å²) in [5.41, 5.74) is 1.00. The highest BCUT2D eigenvalue weighted by Crippen LogP contribution is 2.32. The van der Waals surface area contributed by atoms with Crippen LogP contribution in [0.4, 0.5) is 0 Å². The number of ether oxygens (including phenoxy) is 2. The SMILES string of the molecule is C[C@@H](C(=O)O)N(C)Cc1ccc2c(c1)OCO2. The van der Waals surface area contributed by atoms with Crippen LogP contribution >= 0.6 is 0 Å². The van der Waals surface area contributed by atoms with Crippen molar-refractivity contribution in [3.8, 4) is 11.5 Å². The number of carboxylic acids is 1. The Morgan fingerprint density at radius 1 is 1.47 bits per heavy atom. The number of aliphatic carboxylic acids is 1. The Labute approximate surface area is 99.6 Å². The first-order chi connectivity index (χ1) is 8.08. The predicted octanol–water partition coefficient (Wildman–Crippen LogP) is 1.32. The standard InChI is InChI=1S/C12H15NO4/c1-8(12(14)15)13(2)6-9-3-4-10-11(5-9)17-7-16-10/h3-5,8H,6-7H2,1-2H3,(H,14,15)/t8-/m0/s1. The van der Waals surface area contributed by atoms with E-state index in [9.17, 15) is 4.79 Å². The van der Waals surface area contributed by atoms with Crippen molar-refractivity contribution in [1.82, 2.24) is 4.90 Å². The van der Waals surface area contributed by atoms with Crippen LogP contribution in [0.25, 0.3) is 0 Å². The van der Waals surface area contributed by atoms with Crippen LogP contribution in [0, 0.1) is 0 Å². The molecule has 5 nitrogen and oxygen atoms in total. The number of rotatable bonds is 4. The van der Waals surface area contributed by atoms with E-state index in [1.807, 2.05) is 18.2 Å². The maximum atomic E-state index is 10.8. The van der Waals surface area contributed by atoms with Crippen LogP contribution in [0.2, 0.25) is 0 Å². The Morgan fingerprint density at radius 2 is 2.18 bits per heavy atom. The van der Waals surface area contributed by atoms with Crippen LogP contribution in [0.1, 0.15) is 12.5 Å². The third-order valence-electron chi connectivity index (χ3n) is 2.89. The van der Waals surface area contributed by atoms with E-state index < -0.39 is 12.0 Å². The molecular formula is C12H15NO4. The molecule has 17 heavy (non-hydrogen) atoms. The van der Waals surface area contributed by atoms with Crippen molar-refractivity contribution in [2.24, 2.45) is 0 Å². The van der Waals surface area contributed by atoms with Gasteiger partial charge in [0.15, 0.2) is 11.5 Å². The third kappa shape index (κ3) is 2.50. The van der Waals surface area contributed by atoms with E-state index in [2.05, 4.69) is 0 Å². The highest BCUT2D eigenvalue weighted by molar-refractivity contribution is 5.72. The van der Waals surface area contributed by atoms with E-state index in [-0.39, 0.29) is 6.79 Å². The first kappa shape index (κ1) is 11.7. The van der Waals surface area contributed by atoms with Crippen molar-refractivity contribution in [3.63, 3.8) is 0 Å². The lowest BCUT2D eigenvalue weighted by molar-refractivity contribution is -0.142. The lowest BCUT2D eigenvalue weighted by Gasteiger charge is -2.21. The van der Waals surface area contributed by atoms with Gasteiger partial charge in [-0.15, -0.1) is 0 Å². The molecule has 1 N–H and O–H groups in total. The fourth-order valence-corrected chi connectivity index (χ4v) is 1.65. The van der Waals surface area contributed by atoms with Gasteiger partial charge in [0.2, 0.25) is 6.79 Å². The Hall–Kier alpha value is -1.75. The topological polar surface area (TPSA) is 59.0 Å². The molecule has 1 aromatic rings. The molecular weight excluding hydrogens is 222 g/mol. The molecule has 1 aromatic carbocycles. The van der Waals surface area contributed by atoms with Gasteiger partial charge < -0.3 is 14.6 Å². The molecule has 0 fully saturated rings. The van der Waals surface area contributed by atoms with E-state index in [0.717, 1.165) is 17.1 Å². The van der Waals surface area contributed by atoms with Gasteiger partial charge in [-0.2, -0.15) is 0 Å². The van der Waals surface area contributed by atoms with Crippen molar-refractivity contribution in [2.45, 2.75) is 19.5 Å². The number of hydrogen-bond donors (Lipinski definition) is 1. The lowest BCUT2D eigenvalue weighted by Crippen LogP contribution is -2.35. The minimum absolute atomic E-state index is 0.250. The number of fused-ring (bicyclic) bond motifs is 1. The second-order valence-electron chi connectivity index (χ2n) is 4.12. The molecule has 1 aliphatic heterocycles. The molecule has 92 valence electrons. The molecule has 0 aromatic heterocycles. The first-order valence-electron chi connectivity index (χ1n) is 5.39. The Kier molecular flexibility index (Phi) is 3.19. The van der Waals surface area contributed by atoms with Crippen LogP contribution in [-0.4, -0.2) is 35.9 Å². The molecule has 1 atom stereocenters. The number of nitrogens with zero attached hydrogens (tertiary/aromatic N) is 1. The van der Waals surface area contributed by atoms with Crippen molar-refractivity contribution in [1.29, 1.82) is 0 Å². The fraction of sp³-hybridized carbons (Fsp3) is 0.417. The minimum Gasteiger partial charge on any atom is -0.480 e. The molecule has 0 amide bonds. The molecule has 0 spiro atoms. The molecule has 2 rings (SSSR count). The largest absolute Gasteiger partial charge is 0.480 e. The van der Waals surface area contributed by atoms with E-state index in [0.29, 0.717) is 6.54 Å². The van der Waals surface area contributed by atoms with E-state index >= 15 is 0 Å². The summed E-state index contributed by atoms with van der Waals surface area (Å²) in [5.74, 6) is 0.634. The second-order valence-corrected chi connectivity index (χ2v) is 4.12. The molecule has 1 aliphatic rings. The van der Waals surface area contributed by atoms with Crippen LogP contribution in [0.3, 0.4) is 0 Å². The van der Waals surface area contributed by atoms with Crippen LogP contribution in [-0.2, 0) is 11.3 Å². The number of carbonyl (C=O) groups is 1.